The standard InChI is InChI=1S/C7H9ClO2/c8-6-4-2-1-3-5(6)7(9)10/h1-2,5-6H,3-4H2,(H,9,10)/t5-,6-/m0/s1. The Morgan fingerprint density at radius 1 is 1.50 bits per heavy atom. The third kappa shape index (κ3) is 1.51. The first-order valence-corrected chi connectivity index (χ1v) is 3.67. The minimum atomic E-state index is -0.788. The van der Waals surface area contributed by atoms with E-state index in [4.69, 9.17) is 16.7 Å². The van der Waals surface area contributed by atoms with Crippen molar-refractivity contribution in [3.63, 3.8) is 0 Å². The van der Waals surface area contributed by atoms with E-state index in [-0.39, 0.29) is 11.3 Å². The van der Waals surface area contributed by atoms with Gasteiger partial charge in [-0.1, -0.05) is 12.2 Å². The van der Waals surface area contributed by atoms with E-state index in [0.717, 1.165) is 0 Å². The van der Waals surface area contributed by atoms with Crippen LogP contribution in [0.3, 0.4) is 0 Å². The Kier molecular flexibility index (Phi) is 2.33. The molecule has 3 heteroatoms. The molecule has 1 aliphatic rings. The van der Waals surface area contributed by atoms with Crippen molar-refractivity contribution < 1.29 is 9.90 Å². The van der Waals surface area contributed by atoms with Crippen molar-refractivity contribution in [2.24, 2.45) is 5.92 Å². The topological polar surface area (TPSA) is 37.3 Å². The summed E-state index contributed by atoms with van der Waals surface area (Å²) in [5, 5.41) is 8.37. The molecule has 10 heavy (non-hydrogen) atoms. The molecule has 0 aromatic carbocycles. The lowest BCUT2D eigenvalue weighted by Crippen LogP contribution is -2.25. The van der Waals surface area contributed by atoms with E-state index >= 15 is 0 Å². The van der Waals surface area contributed by atoms with Crippen LogP contribution in [0, 0.1) is 5.92 Å². The zero-order valence-corrected chi connectivity index (χ0v) is 6.21. The lowest BCUT2D eigenvalue weighted by molar-refractivity contribution is -0.141. The summed E-state index contributed by atoms with van der Waals surface area (Å²) in [5.74, 6) is -1.17. The van der Waals surface area contributed by atoms with E-state index in [0.29, 0.717) is 12.8 Å². The van der Waals surface area contributed by atoms with E-state index in [1.54, 1.807) is 0 Å². The molecule has 0 aliphatic heterocycles. The molecule has 0 aromatic rings. The average molecular weight is 161 g/mol. The Bertz CT molecular complexity index is 165. The van der Waals surface area contributed by atoms with Gasteiger partial charge in [-0.05, 0) is 12.8 Å². The SMILES string of the molecule is O=C(O)[C@H]1CC=CC[C@@H]1Cl. The maximum Gasteiger partial charge on any atom is 0.308 e. The van der Waals surface area contributed by atoms with Gasteiger partial charge in [-0.2, -0.15) is 0 Å². The average Bonchev–Trinajstić information content (AvgIpc) is 1.88. The molecule has 0 spiro atoms. The van der Waals surface area contributed by atoms with Crippen molar-refractivity contribution in [1.82, 2.24) is 0 Å². The van der Waals surface area contributed by atoms with Gasteiger partial charge in [0.25, 0.3) is 0 Å². The van der Waals surface area contributed by atoms with Crippen molar-refractivity contribution in [3.8, 4) is 0 Å². The zero-order valence-electron chi connectivity index (χ0n) is 5.46. The van der Waals surface area contributed by atoms with E-state index < -0.39 is 5.97 Å². The summed E-state index contributed by atoms with van der Waals surface area (Å²) >= 11 is 5.75. The highest BCUT2D eigenvalue weighted by atomic mass is 35.5. The van der Waals surface area contributed by atoms with E-state index in [1.165, 1.54) is 0 Å². The van der Waals surface area contributed by atoms with Crippen LogP contribution in [0.4, 0.5) is 0 Å². The number of aliphatic carboxylic acids is 1. The van der Waals surface area contributed by atoms with E-state index in [1.807, 2.05) is 12.2 Å². The molecule has 0 saturated heterocycles. The Morgan fingerprint density at radius 3 is 2.50 bits per heavy atom. The first-order chi connectivity index (χ1) is 4.72. The smallest absolute Gasteiger partial charge is 0.308 e. The Morgan fingerprint density at radius 2 is 2.10 bits per heavy atom. The maximum atomic E-state index is 10.4. The van der Waals surface area contributed by atoms with Crippen LogP contribution < -0.4 is 0 Å². The third-order valence-corrected chi connectivity index (χ3v) is 2.15. The van der Waals surface area contributed by atoms with Gasteiger partial charge >= 0.3 is 5.97 Å². The molecule has 1 rings (SSSR count). The predicted molar refractivity (Wildman–Crippen MR) is 39.1 cm³/mol. The van der Waals surface area contributed by atoms with Crippen molar-refractivity contribution in [2.45, 2.75) is 18.2 Å². The number of carbonyl (C=O) groups is 1. The second-order valence-corrected chi connectivity index (χ2v) is 2.96. The third-order valence-electron chi connectivity index (χ3n) is 1.67. The van der Waals surface area contributed by atoms with Gasteiger partial charge in [0.15, 0.2) is 0 Å². The van der Waals surface area contributed by atoms with Gasteiger partial charge in [-0.3, -0.25) is 4.79 Å². The molecule has 0 bridgehead atoms. The van der Waals surface area contributed by atoms with Crippen molar-refractivity contribution in [2.75, 3.05) is 0 Å². The van der Waals surface area contributed by atoms with Crippen LogP contribution in [0.1, 0.15) is 12.8 Å². The summed E-state index contributed by atoms with van der Waals surface area (Å²) in [7, 11) is 0. The number of carboxylic acid groups (broad SMARTS) is 1. The lowest BCUT2D eigenvalue weighted by Gasteiger charge is -2.18. The van der Waals surface area contributed by atoms with Crippen LogP contribution in [-0.2, 0) is 4.79 Å². The van der Waals surface area contributed by atoms with Crippen LogP contribution in [0.15, 0.2) is 12.2 Å². The summed E-state index contributed by atoms with van der Waals surface area (Å²) < 4.78 is 0. The first-order valence-electron chi connectivity index (χ1n) is 3.23. The highest BCUT2D eigenvalue weighted by Crippen LogP contribution is 2.23. The summed E-state index contributed by atoms with van der Waals surface area (Å²) in [6.45, 7) is 0. The number of carboxylic acids is 1. The molecular formula is C7H9ClO2. The molecule has 2 atom stereocenters. The molecule has 56 valence electrons. The molecule has 0 radical (unpaired) electrons. The van der Waals surface area contributed by atoms with Gasteiger partial charge in [-0.15, -0.1) is 11.6 Å². The predicted octanol–water partition coefficient (Wildman–Crippen LogP) is 1.64. The van der Waals surface area contributed by atoms with Gasteiger partial charge in [0.05, 0.1) is 11.3 Å². The fraction of sp³-hybridized carbons (Fsp3) is 0.571. The van der Waals surface area contributed by atoms with E-state index in [9.17, 15) is 4.79 Å². The number of halogens is 1. The second-order valence-electron chi connectivity index (χ2n) is 2.40. The number of rotatable bonds is 1. The van der Waals surface area contributed by atoms with Crippen molar-refractivity contribution >= 4 is 17.6 Å². The van der Waals surface area contributed by atoms with Crippen molar-refractivity contribution in [3.05, 3.63) is 12.2 Å². The Balaban J connectivity index is 2.59. The summed E-state index contributed by atoms with van der Waals surface area (Å²) in [4.78, 5) is 10.4. The van der Waals surface area contributed by atoms with E-state index in [2.05, 4.69) is 0 Å². The molecule has 0 unspecified atom stereocenters. The number of alkyl halides is 1. The molecule has 2 nitrogen and oxygen atoms in total. The van der Waals surface area contributed by atoms with Gasteiger partial charge in [0, 0.05) is 0 Å². The normalized spacial score (nSPS) is 32.1. The molecule has 0 saturated carbocycles. The number of allylic oxidation sites excluding steroid dienone is 2. The molecule has 0 aromatic heterocycles. The minimum absolute atomic E-state index is 0.220. The Hall–Kier alpha value is -0.500. The first kappa shape index (κ1) is 7.61. The lowest BCUT2D eigenvalue weighted by atomic mass is 9.94. The molecule has 0 heterocycles. The molecule has 1 N–H and O–H groups in total. The number of hydrogen-bond donors (Lipinski definition) is 1. The summed E-state index contributed by atoms with van der Waals surface area (Å²) in [6, 6.07) is 0. The Labute approximate surface area is 64.5 Å². The van der Waals surface area contributed by atoms with Crippen LogP contribution in [0.25, 0.3) is 0 Å². The van der Waals surface area contributed by atoms with Crippen LogP contribution >= 0.6 is 11.6 Å². The van der Waals surface area contributed by atoms with Crippen LogP contribution in [-0.4, -0.2) is 16.5 Å². The van der Waals surface area contributed by atoms with Gasteiger partial charge in [0.1, 0.15) is 0 Å². The second kappa shape index (κ2) is 3.06. The van der Waals surface area contributed by atoms with Gasteiger partial charge in [-0.25, -0.2) is 0 Å². The minimum Gasteiger partial charge on any atom is -0.481 e. The van der Waals surface area contributed by atoms with Crippen molar-refractivity contribution in [1.29, 1.82) is 0 Å². The maximum absolute atomic E-state index is 10.4. The number of hydrogen-bond acceptors (Lipinski definition) is 1. The molecular weight excluding hydrogens is 152 g/mol. The molecule has 0 amide bonds. The van der Waals surface area contributed by atoms with Gasteiger partial charge in [0.2, 0.25) is 0 Å². The molecule has 1 aliphatic carbocycles. The highest BCUT2D eigenvalue weighted by molar-refractivity contribution is 6.22. The van der Waals surface area contributed by atoms with Crippen LogP contribution in [0.2, 0.25) is 0 Å². The fourth-order valence-corrected chi connectivity index (χ4v) is 1.35. The quantitative estimate of drug-likeness (QED) is 0.468. The highest BCUT2D eigenvalue weighted by Gasteiger charge is 2.26. The largest absolute Gasteiger partial charge is 0.481 e. The monoisotopic (exact) mass is 160 g/mol. The molecule has 0 fully saturated rings. The summed E-state index contributed by atoms with van der Waals surface area (Å²) in [5.41, 5.74) is 0. The van der Waals surface area contributed by atoms with Crippen LogP contribution in [0.5, 0.6) is 0 Å². The summed E-state index contributed by atoms with van der Waals surface area (Å²) in [6.07, 6.45) is 5.05. The fourth-order valence-electron chi connectivity index (χ4n) is 1.04. The zero-order chi connectivity index (χ0) is 7.56. The van der Waals surface area contributed by atoms with Gasteiger partial charge < -0.3 is 5.11 Å².